The third kappa shape index (κ3) is 15.2. The van der Waals surface area contributed by atoms with Gasteiger partial charge in [0.25, 0.3) is 5.09 Å². The number of rotatable bonds is 13. The van der Waals surface area contributed by atoms with E-state index in [-0.39, 0.29) is 69.1 Å². The lowest BCUT2D eigenvalue weighted by molar-refractivity contribution is -0.742. The maximum atomic E-state index is 12.9. The van der Waals surface area contributed by atoms with Crippen molar-refractivity contribution in [3.8, 4) is 5.75 Å². The number of aliphatic hydroxyl groups excluding tert-OH is 3. The summed E-state index contributed by atoms with van der Waals surface area (Å²) in [5.74, 6) is -0.983. The lowest BCUT2D eigenvalue weighted by atomic mass is 9.36. The zero-order chi connectivity index (χ0) is 70.1. The van der Waals surface area contributed by atoms with Crippen LogP contribution in [0.3, 0.4) is 0 Å². The van der Waals surface area contributed by atoms with Crippen molar-refractivity contribution in [3.05, 3.63) is 125 Å². The number of imidazole rings is 1. The second kappa shape index (κ2) is 29.8. The van der Waals surface area contributed by atoms with Crippen LogP contribution in [0.5, 0.6) is 5.75 Å². The summed E-state index contributed by atoms with van der Waals surface area (Å²) in [5, 5.41) is 75.4. The van der Waals surface area contributed by atoms with Crippen molar-refractivity contribution in [2.75, 3.05) is 6.61 Å². The monoisotopic (exact) mass is 1400 g/mol. The number of aliphatic hydroxyl groups is 4. The average Bonchev–Trinajstić information content (AvgIpc) is 1.59. The molecule has 0 aliphatic heterocycles. The number of nitrogens with zero attached hydrogens (tertiary/aromatic N) is 4. The Bertz CT molecular complexity index is 3520. The molecule has 95 heavy (non-hydrogen) atoms. The van der Waals surface area contributed by atoms with Gasteiger partial charge in [0.1, 0.15) is 17.4 Å². The van der Waals surface area contributed by atoms with Gasteiger partial charge >= 0.3 is 17.9 Å². The van der Waals surface area contributed by atoms with E-state index in [1.54, 1.807) is 55.0 Å². The molecule has 8 aliphatic carbocycles. The molecule has 20 nitrogen and oxygen atoms in total. The number of carboxylic acid groups (broad SMARTS) is 1. The van der Waals surface area contributed by atoms with Gasteiger partial charge in [-0.3, -0.25) is 19.2 Å². The lowest BCUT2D eigenvalue weighted by Crippen LogP contribution is -2.65. The predicted molar refractivity (Wildman–Crippen MR) is 358 cm³/mol. The van der Waals surface area contributed by atoms with Crippen LogP contribution in [0.25, 0.3) is 0 Å². The van der Waals surface area contributed by atoms with Crippen molar-refractivity contribution in [1.29, 1.82) is 0 Å². The Morgan fingerprint density at radius 3 is 2.09 bits per heavy atom. The average molecular weight is 1400 g/mol. The van der Waals surface area contributed by atoms with Gasteiger partial charge in [-0.2, -0.15) is 0 Å². The van der Waals surface area contributed by atoms with Gasteiger partial charge in [0.05, 0.1) is 41.2 Å². The predicted octanol–water partition coefficient (Wildman–Crippen LogP) is 13.7. The number of carboxylic acids is 1. The van der Waals surface area contributed by atoms with Gasteiger partial charge in [-0.25, -0.2) is 9.78 Å². The maximum absolute atomic E-state index is 12.9. The Balaban J connectivity index is 0.000000181. The number of esters is 2. The van der Waals surface area contributed by atoms with Crippen molar-refractivity contribution in [1.82, 2.24) is 9.55 Å². The van der Waals surface area contributed by atoms with E-state index in [9.17, 15) is 49.5 Å². The summed E-state index contributed by atoms with van der Waals surface area (Å²) in [6, 6.07) is 10.1. The molecule has 17 atom stereocenters. The number of halogens is 4. The molecule has 11 rings (SSSR count). The summed E-state index contributed by atoms with van der Waals surface area (Å²) >= 11 is 24.3. The van der Waals surface area contributed by atoms with Crippen LogP contribution < -0.4 is 4.84 Å². The lowest BCUT2D eigenvalue weighted by Gasteiger charge is -2.69. The van der Waals surface area contributed by atoms with Crippen molar-refractivity contribution in [3.63, 3.8) is 0 Å². The fourth-order valence-electron chi connectivity index (χ4n) is 19.3. The van der Waals surface area contributed by atoms with Crippen molar-refractivity contribution in [2.24, 2.45) is 73.7 Å². The zero-order valence-electron chi connectivity index (χ0n) is 55.8. The highest BCUT2D eigenvalue weighted by Gasteiger charge is 2.72. The molecule has 24 heteroatoms. The minimum Gasteiger partial charge on any atom is -0.478 e. The Morgan fingerprint density at radius 2 is 1.48 bits per heavy atom. The first-order valence-electron chi connectivity index (χ1n) is 32.8. The van der Waals surface area contributed by atoms with Crippen LogP contribution in [0.4, 0.5) is 0 Å². The number of hydrogen-bond donors (Lipinski definition) is 6. The van der Waals surface area contributed by atoms with Crippen LogP contribution in [0.2, 0.25) is 20.1 Å². The third-order valence-corrected chi connectivity index (χ3v) is 24.8. The van der Waals surface area contributed by atoms with E-state index in [2.05, 4.69) is 44.8 Å². The van der Waals surface area contributed by atoms with Crippen LogP contribution >= 0.6 is 46.4 Å². The molecule has 7 saturated carbocycles. The van der Waals surface area contributed by atoms with E-state index >= 15 is 0 Å². The molecular formula is C71H92Cl4N4O16. The van der Waals surface area contributed by atoms with Gasteiger partial charge in [0.2, 0.25) is 5.78 Å². The fourth-order valence-corrected chi connectivity index (χ4v) is 20.3. The number of ether oxygens (including phenoxy) is 2. The van der Waals surface area contributed by atoms with Gasteiger partial charge in [0, 0.05) is 59.3 Å². The normalized spacial score (nSPS) is 35.4. The molecule has 7 fully saturated rings. The first kappa shape index (κ1) is 75.1. The molecule has 0 saturated heterocycles. The molecule has 3 aromatic rings. The first-order valence-corrected chi connectivity index (χ1v) is 34.3. The number of carbonyl (C=O) groups excluding carboxylic acids is 4. The topological polar surface area (TPSA) is 308 Å². The molecule has 0 unspecified atom stereocenters. The number of fused-ring (bicyclic) bond motifs is 10. The zero-order valence-corrected chi connectivity index (χ0v) is 58.8. The molecule has 8 aliphatic rings. The number of aromatic nitrogens is 2. The summed E-state index contributed by atoms with van der Waals surface area (Å²) in [6.07, 6.45) is 16.9. The van der Waals surface area contributed by atoms with Crippen molar-refractivity contribution >= 4 is 81.6 Å². The molecular weight excluding hydrogens is 1310 g/mol. The summed E-state index contributed by atoms with van der Waals surface area (Å²) in [6.45, 7) is 19.8. The minimum absolute atomic E-state index is 0.0413. The molecule has 520 valence electrons. The molecule has 0 bridgehead atoms. The largest absolute Gasteiger partial charge is 0.478 e. The Kier molecular flexibility index (Phi) is 23.5. The SMILES string of the molecule is CC(=O)OCC(=O)[C@@]1(O)CC[C@H]2[C@@H]3CCC4=CC(=O)CC[C@]4(C)[C@H]3[C@@H](O)C[C@@]21C.CC(=O)O[C@H]1C[C@@]2(C)[C@@H](C[C@@H](O)[C@H]3[C@@]4(C)CC[C@@H](O)[C@@H](C)[C@@H]4CC[C@@]32C)/C1=C(\CCC=C(C)C)C(=O)O.Clc1ccc(O/N=C(\Cn2ccnc2)c2ccc(Cl)cc2Cl)c(Cl)c1.O=[N+]([O-])O. The highest BCUT2D eigenvalue weighted by Crippen LogP contribution is 2.75. The second-order valence-electron chi connectivity index (χ2n) is 29.1. The smallest absolute Gasteiger partial charge is 0.331 e. The number of Topliss-reactive ketones (excluding diaryl/α,β-unsaturated/α-hetero) is 1. The maximum Gasteiger partial charge on any atom is 0.331 e. The molecule has 0 spiro atoms. The van der Waals surface area contributed by atoms with Crippen LogP contribution in [0.1, 0.15) is 171 Å². The summed E-state index contributed by atoms with van der Waals surface area (Å²) in [5.41, 5.74) is 1.50. The number of aliphatic carboxylic acids is 1. The molecule has 2 aromatic carbocycles. The van der Waals surface area contributed by atoms with E-state index in [4.69, 9.17) is 76.0 Å². The van der Waals surface area contributed by atoms with E-state index in [1.165, 1.54) is 13.8 Å². The number of hydrogen-bond acceptors (Lipinski definition) is 16. The van der Waals surface area contributed by atoms with Gasteiger partial charge in [0.15, 0.2) is 18.1 Å². The van der Waals surface area contributed by atoms with Crippen LogP contribution in [-0.2, 0) is 40.0 Å². The fraction of sp³-hybridized carbons (Fsp3) is 0.620. The molecule has 0 radical (unpaired) electrons. The number of benzene rings is 2. The van der Waals surface area contributed by atoms with Crippen molar-refractivity contribution in [2.45, 2.75) is 202 Å². The third-order valence-electron chi connectivity index (χ3n) is 23.8. The quantitative estimate of drug-likeness (QED) is 0.0231. The second-order valence-corrected chi connectivity index (χ2v) is 30.8. The van der Waals surface area contributed by atoms with Gasteiger partial charge < -0.3 is 49.6 Å². The summed E-state index contributed by atoms with van der Waals surface area (Å²) in [7, 11) is 0. The molecule has 1 heterocycles. The summed E-state index contributed by atoms with van der Waals surface area (Å²) < 4.78 is 12.6. The van der Waals surface area contributed by atoms with E-state index in [1.807, 2.05) is 37.6 Å². The van der Waals surface area contributed by atoms with Crippen LogP contribution in [0, 0.1) is 78.6 Å². The van der Waals surface area contributed by atoms with Crippen LogP contribution in [-0.4, -0.2) is 117 Å². The van der Waals surface area contributed by atoms with E-state index in [0.29, 0.717) is 100 Å². The Hall–Kier alpha value is -5.71. The standard InChI is InChI=1S/C31H48O6.C23H32O6.C17H11Cl4N3O.HNO3/c1-17(2)9-8-10-20(28(35)36)26-22-15-24(34)27-29(5)13-12-23(33)18(3)21(29)11-14-30(27,6)31(22,7)16-25(26)37-19(4)32;1-13(24)29-12-19(27)23(28)9-7-17-16-5-4-14-10-15(25)6-8-21(14,2)20(16)18(26)11-22(17,23)3;18-11-1-3-13(14(20)7-11)16(9-24-6-5-22-10-24)23-25-17-4-2-12(19)8-15(17)21;2-1(3)4/h9,18,21-25,27,33-34H,8,10-16H2,1-7H3,(H,35,36);10,16-18,20,26,28H,4-9,11-12H2,1-3H3;1-8,10H,9H2;(H,2,3,4)/b26-20-;;23-16+;/t18-,21-,22-,23+,24+,25-,27-,29-,30-,31-;16-,17-,18-,20+,21-,22-,23-;;/m00../s1. The highest BCUT2D eigenvalue weighted by molar-refractivity contribution is 6.37. The number of oxime groups is 1. The Labute approximate surface area is 575 Å². The molecule has 1 aromatic heterocycles. The highest BCUT2D eigenvalue weighted by atomic mass is 35.5. The minimum atomic E-state index is -1.58. The molecule has 0 amide bonds. The Morgan fingerprint density at radius 1 is 0.821 bits per heavy atom. The van der Waals surface area contributed by atoms with Gasteiger partial charge in [-0.05, 0) is 215 Å². The number of carbonyl (C=O) groups is 5. The van der Waals surface area contributed by atoms with Gasteiger partial charge in [-0.1, -0.05) is 110 Å². The molecule has 6 N–H and O–H groups in total. The van der Waals surface area contributed by atoms with Gasteiger partial charge in [-0.15, -0.1) is 10.1 Å². The van der Waals surface area contributed by atoms with Crippen LogP contribution in [0.15, 0.2) is 94.7 Å². The summed E-state index contributed by atoms with van der Waals surface area (Å²) in [4.78, 5) is 78.7. The van der Waals surface area contributed by atoms with E-state index in [0.717, 1.165) is 68.1 Å². The van der Waals surface area contributed by atoms with E-state index < -0.39 is 64.7 Å². The number of allylic oxidation sites excluding steroid dienone is 3. The number of ketones is 2. The first-order chi connectivity index (χ1) is 44.5. The van der Waals surface area contributed by atoms with Crippen molar-refractivity contribution < 1.29 is 74.1 Å².